The fraction of sp³-hybridized carbons (Fsp3) is 0.278. The van der Waals surface area contributed by atoms with E-state index in [0.717, 1.165) is 12.0 Å². The third kappa shape index (κ3) is 4.37. The van der Waals surface area contributed by atoms with Gasteiger partial charge in [-0.2, -0.15) is 0 Å². The Balaban J connectivity index is 1.83. The van der Waals surface area contributed by atoms with Crippen LogP contribution in [0.2, 0.25) is 0 Å². The van der Waals surface area contributed by atoms with E-state index >= 15 is 0 Å². The van der Waals surface area contributed by atoms with Gasteiger partial charge in [0, 0.05) is 17.8 Å². The molecule has 27 heavy (non-hydrogen) atoms. The van der Waals surface area contributed by atoms with Crippen LogP contribution in [0, 0.1) is 5.92 Å². The van der Waals surface area contributed by atoms with Crippen molar-refractivity contribution in [3.05, 3.63) is 46.0 Å². The molecule has 0 aliphatic heterocycles. The van der Waals surface area contributed by atoms with Gasteiger partial charge in [-0.3, -0.25) is 4.79 Å². The number of hydrogen-bond acceptors (Lipinski definition) is 8. The van der Waals surface area contributed by atoms with E-state index in [1.165, 1.54) is 29.8 Å². The van der Waals surface area contributed by atoms with Crippen molar-refractivity contribution in [2.45, 2.75) is 20.3 Å². The molecular weight excluding hydrogens is 384 g/mol. The second kappa shape index (κ2) is 8.36. The average molecular weight is 403 g/mol. The van der Waals surface area contributed by atoms with E-state index < -0.39 is 11.9 Å². The van der Waals surface area contributed by atoms with Crippen LogP contribution in [0.5, 0.6) is 0 Å². The molecule has 3 aromatic rings. The van der Waals surface area contributed by atoms with Gasteiger partial charge in [0.25, 0.3) is 5.91 Å². The largest absolute Gasteiger partial charge is 0.465 e. The van der Waals surface area contributed by atoms with Gasteiger partial charge in [-0.15, -0.1) is 22.7 Å². The molecule has 140 valence electrons. The van der Waals surface area contributed by atoms with Gasteiger partial charge in [-0.25, -0.2) is 19.7 Å². The first-order chi connectivity index (χ1) is 13.0. The van der Waals surface area contributed by atoms with Crippen molar-refractivity contribution in [3.63, 3.8) is 0 Å². The van der Waals surface area contributed by atoms with Crippen LogP contribution in [0.1, 0.15) is 40.3 Å². The minimum absolute atomic E-state index is 0.247. The predicted octanol–water partition coefficient (Wildman–Crippen LogP) is 3.90. The molecular formula is C18H18N4O3S2. The Hall–Kier alpha value is -2.65. The Morgan fingerprint density at radius 3 is 2.59 bits per heavy atom. The monoisotopic (exact) mass is 402 g/mol. The number of aromatic nitrogens is 3. The van der Waals surface area contributed by atoms with Crippen LogP contribution in [0.3, 0.4) is 0 Å². The molecule has 3 heterocycles. The minimum atomic E-state index is -0.459. The van der Waals surface area contributed by atoms with Crippen molar-refractivity contribution in [1.29, 1.82) is 0 Å². The number of methoxy groups -OCH3 is 1. The molecule has 0 atom stereocenters. The lowest BCUT2D eigenvalue weighted by atomic mass is 10.0. The molecule has 1 N–H and O–H groups in total. The summed E-state index contributed by atoms with van der Waals surface area (Å²) in [5.41, 5.74) is 1.53. The van der Waals surface area contributed by atoms with Crippen LogP contribution in [0.4, 0.5) is 5.00 Å². The number of anilines is 1. The zero-order chi connectivity index (χ0) is 19.4. The van der Waals surface area contributed by atoms with Crippen molar-refractivity contribution in [3.8, 4) is 10.8 Å². The van der Waals surface area contributed by atoms with Crippen molar-refractivity contribution in [1.82, 2.24) is 15.0 Å². The maximum Gasteiger partial charge on any atom is 0.341 e. The lowest BCUT2D eigenvalue weighted by molar-refractivity contribution is 0.0601. The number of carbonyl (C=O) groups excluding carboxylic acids is 2. The van der Waals surface area contributed by atoms with E-state index in [1.54, 1.807) is 23.8 Å². The maximum atomic E-state index is 12.6. The molecule has 3 aromatic heterocycles. The van der Waals surface area contributed by atoms with Crippen molar-refractivity contribution >= 4 is 39.6 Å². The zero-order valence-corrected chi connectivity index (χ0v) is 16.7. The molecule has 3 rings (SSSR count). The van der Waals surface area contributed by atoms with Crippen LogP contribution in [-0.2, 0) is 11.2 Å². The first kappa shape index (κ1) is 19.1. The summed E-state index contributed by atoms with van der Waals surface area (Å²) < 4.78 is 4.89. The normalized spacial score (nSPS) is 10.8. The highest BCUT2D eigenvalue weighted by Gasteiger charge is 2.23. The number of thiazole rings is 1. The van der Waals surface area contributed by atoms with Gasteiger partial charge in [0.15, 0.2) is 10.8 Å². The Morgan fingerprint density at radius 2 is 1.93 bits per heavy atom. The summed E-state index contributed by atoms with van der Waals surface area (Å²) in [6.07, 6.45) is 3.96. The van der Waals surface area contributed by atoms with Gasteiger partial charge in [-0.05, 0) is 29.3 Å². The lowest BCUT2D eigenvalue weighted by Crippen LogP contribution is -2.15. The van der Waals surface area contributed by atoms with E-state index in [0.29, 0.717) is 27.3 Å². The lowest BCUT2D eigenvalue weighted by Gasteiger charge is -2.08. The van der Waals surface area contributed by atoms with Gasteiger partial charge in [-0.1, -0.05) is 13.8 Å². The van der Waals surface area contributed by atoms with Gasteiger partial charge in [0.05, 0.1) is 12.7 Å². The summed E-state index contributed by atoms with van der Waals surface area (Å²) in [6.45, 7) is 4.14. The van der Waals surface area contributed by atoms with Gasteiger partial charge in [0.1, 0.15) is 10.7 Å². The molecule has 7 nitrogen and oxygen atoms in total. The van der Waals surface area contributed by atoms with Gasteiger partial charge in [0.2, 0.25) is 0 Å². The van der Waals surface area contributed by atoms with E-state index in [9.17, 15) is 9.59 Å². The third-order valence-corrected chi connectivity index (χ3v) is 5.39. The molecule has 0 saturated carbocycles. The third-order valence-electron chi connectivity index (χ3n) is 3.61. The highest BCUT2D eigenvalue weighted by atomic mass is 32.1. The highest BCUT2D eigenvalue weighted by Crippen LogP contribution is 2.31. The highest BCUT2D eigenvalue weighted by molar-refractivity contribution is 7.15. The summed E-state index contributed by atoms with van der Waals surface area (Å²) in [7, 11) is 1.33. The summed E-state index contributed by atoms with van der Waals surface area (Å²) in [5, 5.41) is 7.33. The number of ether oxygens (including phenoxy) is 1. The summed E-state index contributed by atoms with van der Waals surface area (Å²) in [4.78, 5) is 37.4. The van der Waals surface area contributed by atoms with Crippen molar-refractivity contribution in [2.75, 3.05) is 12.4 Å². The topological polar surface area (TPSA) is 94.1 Å². The van der Waals surface area contributed by atoms with Crippen LogP contribution in [0.15, 0.2) is 29.2 Å². The minimum Gasteiger partial charge on any atom is -0.465 e. The quantitative estimate of drug-likeness (QED) is 0.629. The van der Waals surface area contributed by atoms with Crippen molar-refractivity contribution < 1.29 is 14.3 Å². The van der Waals surface area contributed by atoms with Crippen molar-refractivity contribution in [2.24, 2.45) is 5.92 Å². The number of nitrogens with one attached hydrogen (secondary N) is 1. The number of amides is 1. The van der Waals surface area contributed by atoms with Gasteiger partial charge < -0.3 is 10.1 Å². The molecule has 0 aromatic carbocycles. The first-order valence-corrected chi connectivity index (χ1v) is 9.98. The zero-order valence-electron chi connectivity index (χ0n) is 15.1. The summed E-state index contributed by atoms with van der Waals surface area (Å²) in [6, 6.07) is 1.71. The standard InChI is InChI=1S/C18H18N4O3S2/c1-10(2)7-11-8-26-16(13(11)18(24)25-3)22-15(23)12-9-27-17(21-12)14-19-5-4-6-20-14/h4-6,8-10H,7H2,1-3H3,(H,22,23). The molecule has 0 spiro atoms. The van der Waals surface area contributed by atoms with E-state index in [1.807, 2.05) is 5.38 Å². The first-order valence-electron chi connectivity index (χ1n) is 8.22. The van der Waals surface area contributed by atoms with E-state index in [4.69, 9.17) is 4.74 Å². The second-order valence-corrected chi connectivity index (χ2v) is 7.86. The molecule has 0 radical (unpaired) electrons. The number of carbonyl (C=O) groups is 2. The Kier molecular flexibility index (Phi) is 5.92. The Morgan fingerprint density at radius 1 is 1.19 bits per heavy atom. The van der Waals surface area contributed by atoms with Crippen LogP contribution in [0.25, 0.3) is 10.8 Å². The number of rotatable bonds is 6. The molecule has 0 saturated heterocycles. The SMILES string of the molecule is COC(=O)c1c(CC(C)C)csc1NC(=O)c1csc(-c2ncccn2)n1. The summed E-state index contributed by atoms with van der Waals surface area (Å²) >= 11 is 2.59. The molecule has 0 aliphatic carbocycles. The maximum absolute atomic E-state index is 12.6. The molecule has 1 amide bonds. The molecule has 9 heteroatoms. The predicted molar refractivity (Wildman–Crippen MR) is 105 cm³/mol. The fourth-order valence-electron chi connectivity index (χ4n) is 2.46. The average Bonchev–Trinajstić information content (AvgIpc) is 3.29. The Bertz CT molecular complexity index is 951. The van der Waals surface area contributed by atoms with Crippen LogP contribution in [-0.4, -0.2) is 33.9 Å². The van der Waals surface area contributed by atoms with E-state index in [-0.39, 0.29) is 5.69 Å². The Labute approximate surface area is 164 Å². The molecule has 0 unspecified atom stereocenters. The van der Waals surface area contributed by atoms with Crippen LogP contribution >= 0.6 is 22.7 Å². The molecule has 0 fully saturated rings. The number of thiophene rings is 1. The van der Waals surface area contributed by atoms with Gasteiger partial charge >= 0.3 is 5.97 Å². The molecule has 0 bridgehead atoms. The molecule has 0 aliphatic rings. The number of hydrogen-bond donors (Lipinski definition) is 1. The number of esters is 1. The van der Waals surface area contributed by atoms with E-state index in [2.05, 4.69) is 34.1 Å². The second-order valence-electron chi connectivity index (χ2n) is 6.12. The fourth-order valence-corrected chi connectivity index (χ4v) is 4.16. The smallest absolute Gasteiger partial charge is 0.341 e. The number of nitrogens with zero attached hydrogens (tertiary/aromatic N) is 3. The summed E-state index contributed by atoms with van der Waals surface area (Å²) in [5.74, 6) is -0.0129. The van der Waals surface area contributed by atoms with Crippen LogP contribution < -0.4 is 5.32 Å².